The van der Waals surface area contributed by atoms with Gasteiger partial charge in [0.2, 0.25) is 0 Å². The van der Waals surface area contributed by atoms with Crippen molar-refractivity contribution in [2.45, 2.75) is 34.2 Å². The molecular formula is C17H28N4O. The lowest BCUT2D eigenvalue weighted by atomic mass is 10.1. The highest BCUT2D eigenvalue weighted by molar-refractivity contribution is 5.94. The van der Waals surface area contributed by atoms with Crippen molar-refractivity contribution in [1.29, 1.82) is 0 Å². The number of amides is 1. The van der Waals surface area contributed by atoms with Gasteiger partial charge >= 0.3 is 0 Å². The van der Waals surface area contributed by atoms with Crippen molar-refractivity contribution in [2.75, 3.05) is 19.6 Å². The molecule has 1 aromatic carbocycles. The van der Waals surface area contributed by atoms with E-state index in [0.717, 1.165) is 25.2 Å². The molecule has 0 aliphatic heterocycles. The van der Waals surface area contributed by atoms with Gasteiger partial charge in [-0.1, -0.05) is 26.0 Å². The van der Waals surface area contributed by atoms with E-state index in [2.05, 4.69) is 24.2 Å². The Hall–Kier alpha value is -2.04. The molecule has 0 aliphatic carbocycles. The SMILES string of the molecule is CCN(CC)C(=O)c1ccc(CN=C(N)NCC(C)C)cc1. The summed E-state index contributed by atoms with van der Waals surface area (Å²) in [5, 5.41) is 3.08. The third-order valence-electron chi connectivity index (χ3n) is 3.37. The monoisotopic (exact) mass is 304 g/mol. The summed E-state index contributed by atoms with van der Waals surface area (Å²) in [6.07, 6.45) is 0. The Morgan fingerprint density at radius 3 is 2.32 bits per heavy atom. The number of benzene rings is 1. The summed E-state index contributed by atoms with van der Waals surface area (Å²) in [5.41, 5.74) is 7.55. The van der Waals surface area contributed by atoms with E-state index >= 15 is 0 Å². The van der Waals surface area contributed by atoms with E-state index in [1.165, 1.54) is 0 Å². The van der Waals surface area contributed by atoms with Crippen LogP contribution >= 0.6 is 0 Å². The number of hydrogen-bond donors (Lipinski definition) is 2. The van der Waals surface area contributed by atoms with Crippen LogP contribution in [0.3, 0.4) is 0 Å². The summed E-state index contributed by atoms with van der Waals surface area (Å²) in [6.45, 7) is 11.0. The molecule has 5 heteroatoms. The van der Waals surface area contributed by atoms with Gasteiger partial charge in [0, 0.05) is 25.2 Å². The lowest BCUT2D eigenvalue weighted by Crippen LogP contribution is -2.34. The van der Waals surface area contributed by atoms with Crippen molar-refractivity contribution in [3.05, 3.63) is 35.4 Å². The van der Waals surface area contributed by atoms with E-state index in [4.69, 9.17) is 5.73 Å². The standard InChI is InChI=1S/C17H28N4O/c1-5-21(6-2)16(22)15-9-7-14(8-10-15)12-20-17(18)19-11-13(3)4/h7-10,13H,5-6,11-12H2,1-4H3,(H3,18,19,20). The fourth-order valence-electron chi connectivity index (χ4n) is 1.99. The third-order valence-corrected chi connectivity index (χ3v) is 3.37. The van der Waals surface area contributed by atoms with Crippen LogP contribution in [0.25, 0.3) is 0 Å². The van der Waals surface area contributed by atoms with Crippen LogP contribution in [-0.2, 0) is 6.54 Å². The van der Waals surface area contributed by atoms with Crippen LogP contribution in [0, 0.1) is 5.92 Å². The van der Waals surface area contributed by atoms with Gasteiger partial charge in [0.05, 0.1) is 6.54 Å². The number of nitrogens with two attached hydrogens (primary N) is 1. The van der Waals surface area contributed by atoms with Crippen LogP contribution < -0.4 is 11.1 Å². The maximum absolute atomic E-state index is 12.2. The number of guanidine groups is 1. The summed E-state index contributed by atoms with van der Waals surface area (Å²) in [6, 6.07) is 7.55. The molecule has 0 aliphatic rings. The molecule has 0 saturated carbocycles. The van der Waals surface area contributed by atoms with Crippen molar-refractivity contribution in [3.8, 4) is 0 Å². The highest BCUT2D eigenvalue weighted by Crippen LogP contribution is 2.08. The molecule has 0 unspecified atom stereocenters. The van der Waals surface area contributed by atoms with Crippen LogP contribution in [-0.4, -0.2) is 36.4 Å². The van der Waals surface area contributed by atoms with Crippen molar-refractivity contribution >= 4 is 11.9 Å². The second-order valence-electron chi connectivity index (χ2n) is 5.65. The van der Waals surface area contributed by atoms with Crippen LogP contribution in [0.5, 0.6) is 0 Å². The summed E-state index contributed by atoms with van der Waals surface area (Å²) in [5.74, 6) is 1.05. The van der Waals surface area contributed by atoms with E-state index in [-0.39, 0.29) is 5.91 Å². The number of carbonyl (C=O) groups excluding carboxylic acids is 1. The van der Waals surface area contributed by atoms with E-state index in [1.807, 2.05) is 38.1 Å². The van der Waals surface area contributed by atoms with Crippen LogP contribution in [0.4, 0.5) is 0 Å². The Kier molecular flexibility index (Phi) is 7.43. The largest absolute Gasteiger partial charge is 0.370 e. The molecule has 0 aromatic heterocycles. The number of rotatable bonds is 7. The average Bonchev–Trinajstić information content (AvgIpc) is 2.52. The Bertz CT molecular complexity index is 490. The molecule has 3 N–H and O–H groups in total. The molecule has 5 nitrogen and oxygen atoms in total. The van der Waals surface area contributed by atoms with Gasteiger partial charge in [-0.15, -0.1) is 0 Å². The van der Waals surface area contributed by atoms with Gasteiger partial charge in [-0.05, 0) is 37.5 Å². The minimum absolute atomic E-state index is 0.0677. The van der Waals surface area contributed by atoms with E-state index < -0.39 is 0 Å². The molecule has 122 valence electrons. The third kappa shape index (κ3) is 5.76. The molecule has 0 radical (unpaired) electrons. The minimum atomic E-state index is 0.0677. The molecule has 0 saturated heterocycles. The molecule has 0 heterocycles. The van der Waals surface area contributed by atoms with Gasteiger partial charge in [0.15, 0.2) is 5.96 Å². The van der Waals surface area contributed by atoms with Gasteiger partial charge < -0.3 is 16.0 Å². The average molecular weight is 304 g/mol. The highest BCUT2D eigenvalue weighted by atomic mass is 16.2. The molecule has 22 heavy (non-hydrogen) atoms. The Morgan fingerprint density at radius 2 is 1.82 bits per heavy atom. The molecule has 1 amide bonds. The summed E-state index contributed by atoms with van der Waals surface area (Å²) in [7, 11) is 0. The summed E-state index contributed by atoms with van der Waals surface area (Å²) < 4.78 is 0. The van der Waals surface area contributed by atoms with E-state index in [9.17, 15) is 4.79 Å². The van der Waals surface area contributed by atoms with Crippen molar-refractivity contribution < 1.29 is 4.79 Å². The zero-order valence-electron chi connectivity index (χ0n) is 14.1. The second-order valence-corrected chi connectivity index (χ2v) is 5.65. The molecule has 0 fully saturated rings. The zero-order chi connectivity index (χ0) is 16.5. The molecule has 1 rings (SSSR count). The molecule has 1 aromatic rings. The van der Waals surface area contributed by atoms with Gasteiger partial charge in [0.1, 0.15) is 0 Å². The first-order valence-electron chi connectivity index (χ1n) is 7.89. The van der Waals surface area contributed by atoms with Gasteiger partial charge in [0.25, 0.3) is 5.91 Å². The first-order valence-corrected chi connectivity index (χ1v) is 7.89. The molecule has 0 bridgehead atoms. The normalized spacial score (nSPS) is 11.6. The minimum Gasteiger partial charge on any atom is -0.370 e. The number of carbonyl (C=O) groups is 1. The van der Waals surface area contributed by atoms with Crippen LogP contribution in [0.15, 0.2) is 29.3 Å². The molecular weight excluding hydrogens is 276 g/mol. The lowest BCUT2D eigenvalue weighted by Gasteiger charge is -2.18. The van der Waals surface area contributed by atoms with Crippen LogP contribution in [0.1, 0.15) is 43.6 Å². The second kappa shape index (κ2) is 9.07. The van der Waals surface area contributed by atoms with Gasteiger partial charge in [-0.2, -0.15) is 0 Å². The topological polar surface area (TPSA) is 70.7 Å². The summed E-state index contributed by atoms with van der Waals surface area (Å²) >= 11 is 0. The van der Waals surface area contributed by atoms with Crippen molar-refractivity contribution in [1.82, 2.24) is 10.2 Å². The molecule has 0 atom stereocenters. The number of aliphatic imine (C=N–C) groups is 1. The fourth-order valence-corrected chi connectivity index (χ4v) is 1.99. The van der Waals surface area contributed by atoms with Crippen molar-refractivity contribution in [3.63, 3.8) is 0 Å². The number of nitrogens with one attached hydrogen (secondary N) is 1. The maximum atomic E-state index is 12.2. The summed E-state index contributed by atoms with van der Waals surface area (Å²) in [4.78, 5) is 18.3. The Labute approximate surface area is 133 Å². The zero-order valence-corrected chi connectivity index (χ0v) is 14.1. The van der Waals surface area contributed by atoms with Gasteiger partial charge in [-0.3, -0.25) is 4.79 Å². The predicted octanol–water partition coefficient (Wildman–Crippen LogP) is 2.23. The van der Waals surface area contributed by atoms with Crippen molar-refractivity contribution in [2.24, 2.45) is 16.6 Å². The first kappa shape index (κ1) is 18.0. The fraction of sp³-hybridized carbons (Fsp3) is 0.529. The highest BCUT2D eigenvalue weighted by Gasteiger charge is 2.11. The van der Waals surface area contributed by atoms with Crippen LogP contribution in [0.2, 0.25) is 0 Å². The van der Waals surface area contributed by atoms with E-state index in [0.29, 0.717) is 24.0 Å². The Morgan fingerprint density at radius 1 is 1.23 bits per heavy atom. The number of hydrogen-bond acceptors (Lipinski definition) is 2. The first-order chi connectivity index (χ1) is 10.5. The van der Waals surface area contributed by atoms with E-state index in [1.54, 1.807) is 4.90 Å². The maximum Gasteiger partial charge on any atom is 0.253 e. The quantitative estimate of drug-likeness (QED) is 0.599. The predicted molar refractivity (Wildman–Crippen MR) is 91.9 cm³/mol. The lowest BCUT2D eigenvalue weighted by molar-refractivity contribution is 0.0773. The smallest absolute Gasteiger partial charge is 0.253 e. The number of nitrogens with zero attached hydrogens (tertiary/aromatic N) is 2. The molecule has 0 spiro atoms. The Balaban J connectivity index is 2.61. The van der Waals surface area contributed by atoms with Gasteiger partial charge in [-0.25, -0.2) is 4.99 Å².